The fraction of sp³-hybridized carbons (Fsp3) is 0.227. The molecule has 0 spiro atoms. The second-order valence-electron chi connectivity index (χ2n) is 6.97. The molecule has 4 rings (SSSR count). The standard InChI is InChI=1S/C22H18FN3O2S2/c1-14-4-9-17(29-14)12-19-21(28)26(16-7-5-15(23)6-8-16)22(30-19)18(13-24)20(27)25-10-2-3-11-25/h4-9,12H,2-3,10-11H2,1H3/b19-12-,22-18-. The minimum Gasteiger partial charge on any atom is -0.338 e. The molecule has 1 fully saturated rings. The van der Waals surface area contributed by atoms with Gasteiger partial charge in [0.25, 0.3) is 11.5 Å². The van der Waals surface area contributed by atoms with Crippen molar-refractivity contribution >= 4 is 40.2 Å². The van der Waals surface area contributed by atoms with Crippen LogP contribution < -0.4 is 14.8 Å². The number of hydrogen-bond donors (Lipinski definition) is 0. The molecule has 1 aromatic carbocycles. The maximum Gasteiger partial charge on any atom is 0.273 e. The number of rotatable bonds is 3. The highest BCUT2D eigenvalue weighted by Crippen LogP contribution is 2.16. The van der Waals surface area contributed by atoms with Gasteiger partial charge in [0.05, 0.1) is 10.2 Å². The Bertz CT molecular complexity index is 1320. The number of hydrogen-bond acceptors (Lipinski definition) is 5. The molecule has 0 bridgehead atoms. The molecule has 3 heterocycles. The molecular formula is C22H18FN3O2S2. The van der Waals surface area contributed by atoms with Gasteiger partial charge in [-0.05, 0) is 62.2 Å². The molecule has 0 unspecified atom stereocenters. The molecule has 1 amide bonds. The minimum absolute atomic E-state index is 0.0645. The monoisotopic (exact) mass is 439 g/mol. The maximum atomic E-state index is 13.4. The molecule has 0 aliphatic carbocycles. The summed E-state index contributed by atoms with van der Waals surface area (Å²) in [7, 11) is 0. The van der Waals surface area contributed by atoms with Crippen LogP contribution in [0, 0.1) is 24.1 Å². The number of nitrogens with zero attached hydrogens (tertiary/aromatic N) is 3. The molecule has 0 radical (unpaired) electrons. The van der Waals surface area contributed by atoms with Crippen molar-refractivity contribution in [3.8, 4) is 11.8 Å². The molecule has 0 atom stereocenters. The summed E-state index contributed by atoms with van der Waals surface area (Å²) >= 11 is 2.66. The van der Waals surface area contributed by atoms with Gasteiger partial charge in [-0.15, -0.1) is 22.7 Å². The first-order chi connectivity index (χ1) is 14.5. The van der Waals surface area contributed by atoms with Crippen molar-refractivity contribution in [1.29, 1.82) is 5.26 Å². The highest BCUT2D eigenvalue weighted by molar-refractivity contribution is 7.13. The third kappa shape index (κ3) is 3.86. The van der Waals surface area contributed by atoms with E-state index >= 15 is 0 Å². The van der Waals surface area contributed by atoms with E-state index in [1.165, 1.54) is 28.8 Å². The van der Waals surface area contributed by atoms with E-state index in [0.717, 1.165) is 33.9 Å². The zero-order chi connectivity index (χ0) is 21.3. The average molecular weight is 440 g/mol. The number of carbonyl (C=O) groups is 1. The van der Waals surface area contributed by atoms with Crippen LogP contribution in [0.3, 0.4) is 0 Å². The Morgan fingerprint density at radius 1 is 1.13 bits per heavy atom. The lowest BCUT2D eigenvalue weighted by Gasteiger charge is -2.14. The highest BCUT2D eigenvalue weighted by Gasteiger charge is 2.24. The first-order valence-corrected chi connectivity index (χ1v) is 11.1. The molecule has 1 aliphatic heterocycles. The van der Waals surface area contributed by atoms with Crippen molar-refractivity contribution in [2.75, 3.05) is 13.1 Å². The van der Waals surface area contributed by atoms with Crippen LogP contribution in [0.25, 0.3) is 17.3 Å². The first-order valence-electron chi connectivity index (χ1n) is 9.47. The lowest BCUT2D eigenvalue weighted by Crippen LogP contribution is -2.35. The predicted octanol–water partition coefficient (Wildman–Crippen LogP) is 2.53. The number of thiophene rings is 1. The van der Waals surface area contributed by atoms with Gasteiger partial charge in [0.2, 0.25) is 0 Å². The SMILES string of the molecule is Cc1ccc(/C=c2\s/c(=C(/C#N)C(=O)N3CCCC3)n(-c3ccc(F)cc3)c2=O)s1. The molecule has 30 heavy (non-hydrogen) atoms. The number of benzene rings is 1. The largest absolute Gasteiger partial charge is 0.338 e. The van der Waals surface area contributed by atoms with E-state index in [9.17, 15) is 19.2 Å². The minimum atomic E-state index is -0.429. The Labute approximate surface area is 180 Å². The lowest BCUT2D eigenvalue weighted by atomic mass is 10.2. The van der Waals surface area contributed by atoms with Crippen molar-refractivity contribution in [1.82, 2.24) is 9.47 Å². The summed E-state index contributed by atoms with van der Waals surface area (Å²) in [6, 6.07) is 11.4. The molecule has 1 saturated heterocycles. The van der Waals surface area contributed by atoms with Gasteiger partial charge in [-0.3, -0.25) is 14.2 Å². The normalized spacial score (nSPS) is 15.4. The lowest BCUT2D eigenvalue weighted by molar-refractivity contribution is -0.123. The summed E-state index contributed by atoms with van der Waals surface area (Å²) < 4.78 is 15.5. The van der Waals surface area contributed by atoms with E-state index in [-0.39, 0.29) is 21.7 Å². The van der Waals surface area contributed by atoms with Crippen LogP contribution in [-0.2, 0) is 4.79 Å². The molecule has 8 heteroatoms. The second-order valence-corrected chi connectivity index (χ2v) is 9.32. The number of aryl methyl sites for hydroxylation is 1. The van der Waals surface area contributed by atoms with E-state index in [4.69, 9.17) is 0 Å². The van der Waals surface area contributed by atoms with Crippen molar-refractivity contribution in [2.45, 2.75) is 19.8 Å². The molecule has 152 valence electrons. The smallest absolute Gasteiger partial charge is 0.273 e. The Balaban J connectivity index is 2.01. The fourth-order valence-corrected chi connectivity index (χ4v) is 5.38. The van der Waals surface area contributed by atoms with Crippen molar-refractivity contribution < 1.29 is 9.18 Å². The van der Waals surface area contributed by atoms with Crippen molar-refractivity contribution in [3.63, 3.8) is 0 Å². The summed E-state index contributed by atoms with van der Waals surface area (Å²) in [5.41, 5.74) is 0.0107. The Kier molecular flexibility index (Phi) is 5.66. The van der Waals surface area contributed by atoms with Crippen LogP contribution in [0.2, 0.25) is 0 Å². The molecular weight excluding hydrogens is 421 g/mol. The summed E-state index contributed by atoms with van der Waals surface area (Å²) in [5, 5.41) is 9.81. The number of nitriles is 1. The van der Waals surface area contributed by atoms with E-state index in [1.54, 1.807) is 22.3 Å². The van der Waals surface area contributed by atoms with Gasteiger partial charge < -0.3 is 4.90 Å². The average Bonchev–Trinajstić information content (AvgIpc) is 3.46. The van der Waals surface area contributed by atoms with E-state index in [1.807, 2.05) is 25.1 Å². The van der Waals surface area contributed by atoms with E-state index < -0.39 is 5.82 Å². The number of thiazole rings is 1. The van der Waals surface area contributed by atoms with Crippen LogP contribution in [0.15, 0.2) is 41.2 Å². The first kappa shape index (κ1) is 20.3. The third-order valence-corrected chi connectivity index (χ3v) is 6.92. The molecule has 0 saturated carbocycles. The second kappa shape index (κ2) is 8.38. The third-order valence-electron chi connectivity index (χ3n) is 4.88. The number of likely N-dealkylation sites (tertiary alicyclic amines) is 1. The van der Waals surface area contributed by atoms with Gasteiger partial charge in [-0.25, -0.2) is 4.39 Å². The highest BCUT2D eigenvalue weighted by atomic mass is 32.1. The maximum absolute atomic E-state index is 13.4. The van der Waals surface area contributed by atoms with E-state index in [2.05, 4.69) is 0 Å². The van der Waals surface area contributed by atoms with Gasteiger partial charge in [0.15, 0.2) is 5.57 Å². The quantitative estimate of drug-likeness (QED) is 0.630. The fourth-order valence-electron chi connectivity index (χ4n) is 3.40. The summed E-state index contributed by atoms with van der Waals surface area (Å²) in [5.74, 6) is -0.798. The molecule has 2 aromatic heterocycles. The summed E-state index contributed by atoms with van der Waals surface area (Å²) in [6.45, 7) is 3.18. The molecule has 3 aromatic rings. The van der Waals surface area contributed by atoms with Crippen LogP contribution >= 0.6 is 22.7 Å². The summed E-state index contributed by atoms with van der Waals surface area (Å²) in [6.07, 6.45) is 3.57. The van der Waals surface area contributed by atoms with Gasteiger partial charge >= 0.3 is 0 Å². The van der Waals surface area contributed by atoms with Crippen LogP contribution in [-0.4, -0.2) is 28.5 Å². The van der Waals surface area contributed by atoms with Gasteiger partial charge in [-0.1, -0.05) is 0 Å². The Morgan fingerprint density at radius 2 is 1.83 bits per heavy atom. The Hall–Kier alpha value is -3.02. The van der Waals surface area contributed by atoms with Crippen LogP contribution in [0.5, 0.6) is 0 Å². The number of amides is 1. The number of carbonyl (C=O) groups excluding carboxylic acids is 1. The van der Waals surface area contributed by atoms with Gasteiger partial charge in [-0.2, -0.15) is 5.26 Å². The van der Waals surface area contributed by atoms with Crippen LogP contribution in [0.1, 0.15) is 22.6 Å². The number of halogens is 1. The van der Waals surface area contributed by atoms with Gasteiger partial charge in [0.1, 0.15) is 16.5 Å². The van der Waals surface area contributed by atoms with E-state index in [0.29, 0.717) is 23.3 Å². The molecule has 5 nitrogen and oxygen atoms in total. The predicted molar refractivity (Wildman–Crippen MR) is 117 cm³/mol. The van der Waals surface area contributed by atoms with Crippen molar-refractivity contribution in [3.05, 3.63) is 71.5 Å². The zero-order valence-electron chi connectivity index (χ0n) is 16.2. The summed E-state index contributed by atoms with van der Waals surface area (Å²) in [4.78, 5) is 29.9. The van der Waals surface area contributed by atoms with Gasteiger partial charge in [0, 0.05) is 22.8 Å². The zero-order valence-corrected chi connectivity index (χ0v) is 17.9. The molecule has 1 aliphatic rings. The van der Waals surface area contributed by atoms with Crippen molar-refractivity contribution in [2.24, 2.45) is 0 Å². The molecule has 0 N–H and O–H groups in total. The number of aromatic nitrogens is 1. The topological polar surface area (TPSA) is 66.1 Å². The van der Waals surface area contributed by atoms with Crippen LogP contribution in [0.4, 0.5) is 4.39 Å². The Morgan fingerprint density at radius 3 is 2.43 bits per heavy atom.